The second-order valence-electron chi connectivity index (χ2n) is 5.41. The van der Waals surface area contributed by atoms with E-state index in [0.717, 1.165) is 0 Å². The van der Waals surface area contributed by atoms with E-state index >= 15 is 0 Å². The molecule has 0 radical (unpaired) electrons. The molecule has 25 heavy (non-hydrogen) atoms. The lowest BCUT2D eigenvalue weighted by Crippen LogP contribution is -2.82. The highest BCUT2D eigenvalue weighted by molar-refractivity contribution is 5.48. The highest BCUT2D eigenvalue weighted by Crippen LogP contribution is 2.68. The SMILES string of the molecule is COC1(OC)C(c2ccc([N+](=O)[O-])cc2)C(C#N)(C#N)C1(OC)OC. The van der Waals surface area contributed by atoms with Gasteiger partial charge in [-0.1, -0.05) is 12.1 Å². The van der Waals surface area contributed by atoms with Crippen LogP contribution in [0.25, 0.3) is 0 Å². The fourth-order valence-corrected chi connectivity index (χ4v) is 3.70. The van der Waals surface area contributed by atoms with E-state index in [1.165, 1.54) is 52.7 Å². The molecule has 1 atom stereocenters. The Labute approximate surface area is 144 Å². The molecular formula is C16H17N3O6. The molecule has 1 fully saturated rings. The van der Waals surface area contributed by atoms with Crippen LogP contribution in [0, 0.1) is 38.2 Å². The Kier molecular flexibility index (Phi) is 4.80. The first-order valence-corrected chi connectivity index (χ1v) is 7.17. The summed E-state index contributed by atoms with van der Waals surface area (Å²) >= 11 is 0. The Balaban J connectivity index is 2.70. The van der Waals surface area contributed by atoms with Crippen molar-refractivity contribution in [3.8, 4) is 12.1 Å². The Morgan fingerprint density at radius 1 is 1.00 bits per heavy atom. The van der Waals surface area contributed by atoms with E-state index < -0.39 is 27.8 Å². The van der Waals surface area contributed by atoms with Crippen LogP contribution in [0.15, 0.2) is 24.3 Å². The van der Waals surface area contributed by atoms with Gasteiger partial charge in [0.2, 0.25) is 11.2 Å². The minimum absolute atomic E-state index is 0.118. The lowest BCUT2D eigenvalue weighted by atomic mass is 9.49. The molecule has 1 aliphatic rings. The molecule has 1 unspecified atom stereocenters. The zero-order chi connectivity index (χ0) is 18.9. The largest absolute Gasteiger partial charge is 0.348 e. The predicted molar refractivity (Wildman–Crippen MR) is 83.0 cm³/mol. The molecule has 9 heteroatoms. The molecule has 0 bridgehead atoms. The molecule has 2 rings (SSSR count). The van der Waals surface area contributed by atoms with Gasteiger partial charge in [-0.15, -0.1) is 0 Å². The van der Waals surface area contributed by atoms with E-state index in [2.05, 4.69) is 0 Å². The van der Waals surface area contributed by atoms with Crippen LogP contribution in [0.2, 0.25) is 0 Å². The van der Waals surface area contributed by atoms with Gasteiger partial charge in [0.1, 0.15) is 0 Å². The monoisotopic (exact) mass is 347 g/mol. The number of nitro benzene ring substituents is 1. The number of methoxy groups -OCH3 is 4. The minimum Gasteiger partial charge on any atom is -0.348 e. The third-order valence-corrected chi connectivity index (χ3v) is 4.76. The van der Waals surface area contributed by atoms with Crippen molar-refractivity contribution in [2.24, 2.45) is 5.41 Å². The minimum atomic E-state index is -1.81. The third kappa shape index (κ3) is 2.01. The van der Waals surface area contributed by atoms with E-state index in [4.69, 9.17) is 18.9 Å². The van der Waals surface area contributed by atoms with Gasteiger partial charge < -0.3 is 18.9 Å². The second-order valence-corrected chi connectivity index (χ2v) is 5.41. The van der Waals surface area contributed by atoms with Gasteiger partial charge in [-0.05, 0) is 5.56 Å². The standard InChI is InChI=1S/C16H17N3O6/c1-22-15(23-2)13(11-5-7-12(8-6-11)19(20)21)14(9-17,10-18)16(15,24-3)25-4/h5-8,13H,1-4H3. The van der Waals surface area contributed by atoms with Crippen molar-refractivity contribution in [1.29, 1.82) is 10.5 Å². The van der Waals surface area contributed by atoms with Crippen molar-refractivity contribution in [1.82, 2.24) is 0 Å². The summed E-state index contributed by atoms with van der Waals surface area (Å²) in [6.45, 7) is 0. The quantitative estimate of drug-likeness (QED) is 0.432. The van der Waals surface area contributed by atoms with Gasteiger partial charge in [-0.3, -0.25) is 10.1 Å². The summed E-state index contributed by atoms with van der Waals surface area (Å²) in [6.07, 6.45) is 0. The molecule has 0 aliphatic heterocycles. The summed E-state index contributed by atoms with van der Waals surface area (Å²) in [5.74, 6) is -4.33. The molecular weight excluding hydrogens is 330 g/mol. The van der Waals surface area contributed by atoms with E-state index in [1.807, 2.05) is 12.1 Å². The molecule has 0 amide bonds. The van der Waals surface area contributed by atoms with E-state index in [1.54, 1.807) is 0 Å². The van der Waals surface area contributed by atoms with Crippen LogP contribution in [-0.2, 0) is 18.9 Å². The van der Waals surface area contributed by atoms with E-state index in [9.17, 15) is 20.6 Å². The summed E-state index contributed by atoms with van der Waals surface area (Å²) in [4.78, 5) is 10.3. The van der Waals surface area contributed by atoms with Crippen LogP contribution in [-0.4, -0.2) is 44.9 Å². The van der Waals surface area contributed by atoms with Gasteiger partial charge >= 0.3 is 0 Å². The molecule has 0 aromatic heterocycles. The van der Waals surface area contributed by atoms with Gasteiger partial charge in [-0.25, -0.2) is 0 Å². The van der Waals surface area contributed by atoms with Crippen molar-refractivity contribution in [2.45, 2.75) is 17.5 Å². The number of rotatable bonds is 6. The summed E-state index contributed by atoms with van der Waals surface area (Å²) in [5, 5.41) is 30.4. The zero-order valence-electron chi connectivity index (χ0n) is 14.2. The summed E-state index contributed by atoms with van der Waals surface area (Å²) in [7, 11) is 5.25. The first-order chi connectivity index (χ1) is 11.9. The molecule has 1 aromatic carbocycles. The predicted octanol–water partition coefficient (Wildman–Crippen LogP) is 1.70. The van der Waals surface area contributed by atoms with Crippen LogP contribution in [0.1, 0.15) is 11.5 Å². The lowest BCUT2D eigenvalue weighted by molar-refractivity contribution is -0.481. The fraction of sp³-hybridized carbons (Fsp3) is 0.500. The molecule has 1 aliphatic carbocycles. The molecule has 0 spiro atoms. The number of ether oxygens (including phenoxy) is 4. The third-order valence-electron chi connectivity index (χ3n) is 4.76. The lowest BCUT2D eigenvalue weighted by Gasteiger charge is -2.65. The maximum atomic E-state index is 10.9. The number of nitrogens with zero attached hydrogens (tertiary/aromatic N) is 3. The van der Waals surface area contributed by atoms with Gasteiger partial charge in [0.25, 0.3) is 11.5 Å². The van der Waals surface area contributed by atoms with Crippen LogP contribution < -0.4 is 0 Å². The smallest absolute Gasteiger partial charge is 0.269 e. The summed E-state index contributed by atoms with van der Waals surface area (Å²) < 4.78 is 21.8. The molecule has 1 saturated carbocycles. The van der Waals surface area contributed by atoms with Crippen molar-refractivity contribution in [3.05, 3.63) is 39.9 Å². The highest BCUT2D eigenvalue weighted by atomic mass is 16.8. The number of hydrogen-bond acceptors (Lipinski definition) is 8. The number of benzene rings is 1. The number of nitro groups is 1. The fourth-order valence-electron chi connectivity index (χ4n) is 3.70. The Morgan fingerprint density at radius 3 is 1.80 bits per heavy atom. The van der Waals surface area contributed by atoms with E-state index in [-0.39, 0.29) is 5.69 Å². The van der Waals surface area contributed by atoms with Gasteiger partial charge in [0, 0.05) is 40.6 Å². The average Bonchev–Trinajstić information content (AvgIpc) is 2.64. The maximum Gasteiger partial charge on any atom is 0.269 e. The van der Waals surface area contributed by atoms with E-state index in [0.29, 0.717) is 5.56 Å². The highest BCUT2D eigenvalue weighted by Gasteiger charge is 2.86. The first-order valence-electron chi connectivity index (χ1n) is 7.17. The Hall–Kier alpha value is -2.56. The number of hydrogen-bond donors (Lipinski definition) is 0. The van der Waals surface area contributed by atoms with Crippen molar-refractivity contribution < 1.29 is 23.9 Å². The van der Waals surface area contributed by atoms with Gasteiger partial charge in [0.15, 0.2) is 0 Å². The van der Waals surface area contributed by atoms with Gasteiger partial charge in [0.05, 0.1) is 23.0 Å². The van der Waals surface area contributed by atoms with Crippen LogP contribution in [0.5, 0.6) is 0 Å². The molecule has 0 N–H and O–H groups in total. The first kappa shape index (κ1) is 18.8. The van der Waals surface area contributed by atoms with Crippen molar-refractivity contribution >= 4 is 5.69 Å². The average molecular weight is 347 g/mol. The molecule has 0 saturated heterocycles. The maximum absolute atomic E-state index is 10.9. The van der Waals surface area contributed by atoms with Crippen LogP contribution in [0.4, 0.5) is 5.69 Å². The summed E-state index contributed by atoms with van der Waals surface area (Å²) in [5.41, 5.74) is -1.46. The zero-order valence-corrected chi connectivity index (χ0v) is 14.2. The Morgan fingerprint density at radius 2 is 1.48 bits per heavy atom. The number of nitriles is 2. The van der Waals surface area contributed by atoms with Crippen molar-refractivity contribution in [2.75, 3.05) is 28.4 Å². The van der Waals surface area contributed by atoms with Crippen molar-refractivity contribution in [3.63, 3.8) is 0 Å². The van der Waals surface area contributed by atoms with Crippen LogP contribution >= 0.6 is 0 Å². The molecule has 0 heterocycles. The molecule has 9 nitrogen and oxygen atoms in total. The topological polar surface area (TPSA) is 128 Å². The molecule has 132 valence electrons. The molecule has 1 aromatic rings. The number of non-ortho nitro benzene ring substituents is 1. The normalized spacial score (nSPS) is 22.2. The van der Waals surface area contributed by atoms with Crippen LogP contribution in [0.3, 0.4) is 0 Å². The van der Waals surface area contributed by atoms with Gasteiger partial charge in [-0.2, -0.15) is 10.5 Å². The summed E-state index contributed by atoms with van der Waals surface area (Å²) in [6, 6.07) is 9.39. The Bertz CT molecular complexity index is 727. The second kappa shape index (κ2) is 6.39.